The van der Waals surface area contributed by atoms with E-state index in [1.165, 1.54) is 11.1 Å². The molecule has 2 aliphatic heterocycles. The zero-order valence-electron chi connectivity index (χ0n) is 12.0. The highest BCUT2D eigenvalue weighted by atomic mass is 16.5. The molecule has 5 rings (SSSR count). The summed E-state index contributed by atoms with van der Waals surface area (Å²) >= 11 is 0. The van der Waals surface area contributed by atoms with Crippen molar-refractivity contribution in [3.63, 3.8) is 0 Å². The van der Waals surface area contributed by atoms with E-state index in [4.69, 9.17) is 4.74 Å². The van der Waals surface area contributed by atoms with Crippen LogP contribution in [0.5, 0.6) is 11.5 Å². The van der Waals surface area contributed by atoms with Gasteiger partial charge < -0.3 is 19.8 Å². The van der Waals surface area contributed by atoms with Gasteiger partial charge in [-0.25, -0.2) is 0 Å². The van der Waals surface area contributed by atoms with Crippen LogP contribution in [-0.4, -0.2) is 47.0 Å². The van der Waals surface area contributed by atoms with Crippen LogP contribution in [0.3, 0.4) is 0 Å². The molecule has 0 aromatic heterocycles. The predicted molar refractivity (Wildman–Crippen MR) is 77.6 cm³/mol. The molecular formula is C17H19NO3. The normalized spacial score (nSPS) is 42.6. The van der Waals surface area contributed by atoms with Crippen molar-refractivity contribution < 1.29 is 14.9 Å². The SMILES string of the molecule is CN1CC[C@]23c4c5ccc(O)c4O[C@@H]2[C@@H](O)C=C[C@H]3[C@H]1C5. The lowest BCUT2D eigenvalue weighted by atomic mass is 9.53. The highest BCUT2D eigenvalue weighted by molar-refractivity contribution is 5.61. The average Bonchev–Trinajstić information content (AvgIpc) is 2.83. The Bertz CT molecular complexity index is 670. The van der Waals surface area contributed by atoms with Gasteiger partial charge in [-0.05, 0) is 38.1 Å². The average molecular weight is 285 g/mol. The van der Waals surface area contributed by atoms with Crippen molar-refractivity contribution >= 4 is 0 Å². The van der Waals surface area contributed by atoms with E-state index in [0.717, 1.165) is 19.4 Å². The topological polar surface area (TPSA) is 52.9 Å². The van der Waals surface area contributed by atoms with Gasteiger partial charge in [-0.15, -0.1) is 0 Å². The summed E-state index contributed by atoms with van der Waals surface area (Å²) in [5.41, 5.74) is 2.29. The lowest BCUT2D eigenvalue weighted by Gasteiger charge is -2.56. The zero-order valence-corrected chi connectivity index (χ0v) is 12.0. The second-order valence-corrected chi connectivity index (χ2v) is 6.93. The number of aliphatic hydroxyl groups is 1. The first-order chi connectivity index (χ1) is 10.1. The molecule has 0 unspecified atom stereocenters. The van der Waals surface area contributed by atoms with Gasteiger partial charge in [-0.2, -0.15) is 0 Å². The third kappa shape index (κ3) is 1.21. The molecule has 1 saturated heterocycles. The quantitative estimate of drug-likeness (QED) is 0.703. The maximum absolute atomic E-state index is 10.4. The largest absolute Gasteiger partial charge is 0.504 e. The summed E-state index contributed by atoms with van der Waals surface area (Å²) in [6.07, 6.45) is 5.18. The van der Waals surface area contributed by atoms with Gasteiger partial charge in [0.15, 0.2) is 11.5 Å². The zero-order chi connectivity index (χ0) is 14.4. The molecule has 4 nitrogen and oxygen atoms in total. The van der Waals surface area contributed by atoms with Crippen molar-refractivity contribution in [3.8, 4) is 11.5 Å². The standard InChI is InChI=1S/C17H19NO3/c1-18-7-6-17-10-3-5-13(20)16(17)21-15-12(19)4-2-9(14(15)17)8-11(10)18/h2-5,10-11,13,16,19-20H,6-8H2,1H3/t10-,11+,13-,16+,17-/m0/s1. The third-order valence-corrected chi connectivity index (χ3v) is 6.15. The highest BCUT2D eigenvalue weighted by Crippen LogP contribution is 2.62. The Labute approximate surface area is 123 Å². The first-order valence-corrected chi connectivity index (χ1v) is 7.71. The van der Waals surface area contributed by atoms with Crippen LogP contribution in [0.4, 0.5) is 0 Å². The Balaban J connectivity index is 1.84. The Morgan fingerprint density at radius 2 is 2.19 bits per heavy atom. The van der Waals surface area contributed by atoms with Gasteiger partial charge in [0.1, 0.15) is 12.2 Å². The molecule has 2 bridgehead atoms. The molecule has 4 aliphatic rings. The van der Waals surface area contributed by atoms with E-state index in [2.05, 4.69) is 18.0 Å². The number of aromatic hydroxyl groups is 1. The number of benzene rings is 1. The van der Waals surface area contributed by atoms with E-state index in [9.17, 15) is 10.2 Å². The molecular weight excluding hydrogens is 266 g/mol. The summed E-state index contributed by atoms with van der Waals surface area (Å²) in [7, 11) is 2.19. The van der Waals surface area contributed by atoms with Gasteiger partial charge >= 0.3 is 0 Å². The molecule has 4 heteroatoms. The summed E-state index contributed by atoms with van der Waals surface area (Å²) in [6, 6.07) is 4.23. The number of hydrogen-bond acceptors (Lipinski definition) is 4. The van der Waals surface area contributed by atoms with Crippen LogP contribution in [0.2, 0.25) is 0 Å². The monoisotopic (exact) mass is 285 g/mol. The smallest absolute Gasteiger partial charge is 0.165 e. The number of ether oxygens (including phenoxy) is 1. The van der Waals surface area contributed by atoms with Gasteiger partial charge in [-0.3, -0.25) is 0 Å². The van der Waals surface area contributed by atoms with E-state index >= 15 is 0 Å². The van der Waals surface area contributed by atoms with E-state index in [1.54, 1.807) is 6.07 Å². The number of hydrogen-bond donors (Lipinski definition) is 2. The number of aliphatic hydroxyl groups excluding tert-OH is 1. The van der Waals surface area contributed by atoms with E-state index in [1.807, 2.05) is 12.1 Å². The molecule has 1 aromatic carbocycles. The van der Waals surface area contributed by atoms with Crippen LogP contribution >= 0.6 is 0 Å². The number of piperidine rings is 1. The molecule has 1 spiro atoms. The highest BCUT2D eigenvalue weighted by Gasteiger charge is 2.64. The van der Waals surface area contributed by atoms with E-state index < -0.39 is 6.10 Å². The van der Waals surface area contributed by atoms with Crippen molar-refractivity contribution in [2.24, 2.45) is 5.92 Å². The summed E-state index contributed by atoms with van der Waals surface area (Å²) in [4.78, 5) is 2.43. The summed E-state index contributed by atoms with van der Waals surface area (Å²) in [5.74, 6) is 1.19. The number of nitrogens with zero attached hydrogens (tertiary/aromatic N) is 1. The minimum absolute atomic E-state index is 0.160. The van der Waals surface area contributed by atoms with Gasteiger partial charge in [0.05, 0.1) is 0 Å². The van der Waals surface area contributed by atoms with Gasteiger partial charge in [0.2, 0.25) is 0 Å². The minimum Gasteiger partial charge on any atom is -0.504 e. The van der Waals surface area contributed by atoms with Crippen LogP contribution in [0.15, 0.2) is 24.3 Å². The van der Waals surface area contributed by atoms with Crippen molar-refractivity contribution in [2.45, 2.75) is 36.5 Å². The fourth-order valence-corrected chi connectivity index (χ4v) is 5.24. The fraction of sp³-hybridized carbons (Fsp3) is 0.529. The maximum Gasteiger partial charge on any atom is 0.165 e. The number of phenols is 1. The Morgan fingerprint density at radius 1 is 1.33 bits per heavy atom. The van der Waals surface area contributed by atoms with Crippen LogP contribution in [-0.2, 0) is 11.8 Å². The molecule has 5 atom stereocenters. The summed E-state index contributed by atoms with van der Waals surface area (Å²) < 4.78 is 6.09. The van der Waals surface area contributed by atoms with Crippen molar-refractivity contribution in [3.05, 3.63) is 35.4 Å². The molecule has 1 fully saturated rings. The molecule has 0 radical (unpaired) electrons. The number of phenolic OH excluding ortho intramolecular Hbond substituents is 1. The van der Waals surface area contributed by atoms with Crippen molar-refractivity contribution in [2.75, 3.05) is 13.6 Å². The number of likely N-dealkylation sites (tertiary alicyclic amines) is 1. The Hall–Kier alpha value is -1.52. The first-order valence-electron chi connectivity index (χ1n) is 7.71. The number of likely N-dealkylation sites (N-methyl/N-ethyl adjacent to an activating group) is 1. The molecule has 1 aromatic rings. The van der Waals surface area contributed by atoms with Crippen LogP contribution in [0.1, 0.15) is 17.5 Å². The Kier molecular flexibility index (Phi) is 2.08. The lowest BCUT2D eigenvalue weighted by Crippen LogP contribution is -2.64. The lowest BCUT2D eigenvalue weighted by molar-refractivity contribution is -0.0453. The molecule has 21 heavy (non-hydrogen) atoms. The number of rotatable bonds is 0. The van der Waals surface area contributed by atoms with Gasteiger partial charge in [0.25, 0.3) is 0 Å². The van der Waals surface area contributed by atoms with Crippen LogP contribution < -0.4 is 4.74 Å². The molecule has 2 N–H and O–H groups in total. The van der Waals surface area contributed by atoms with E-state index in [0.29, 0.717) is 17.7 Å². The van der Waals surface area contributed by atoms with E-state index in [-0.39, 0.29) is 17.3 Å². The molecule has 0 saturated carbocycles. The maximum atomic E-state index is 10.4. The first kappa shape index (κ1) is 12.1. The Morgan fingerprint density at radius 3 is 3.05 bits per heavy atom. The van der Waals surface area contributed by atoms with Crippen LogP contribution in [0.25, 0.3) is 0 Å². The predicted octanol–water partition coefficient (Wildman–Crippen LogP) is 1.20. The van der Waals surface area contributed by atoms with Crippen LogP contribution in [0, 0.1) is 5.92 Å². The summed E-state index contributed by atoms with van der Waals surface area (Å²) in [6.45, 7) is 1.01. The third-order valence-electron chi connectivity index (χ3n) is 6.15. The van der Waals surface area contributed by atoms with Gasteiger partial charge in [0, 0.05) is 22.9 Å². The second-order valence-electron chi connectivity index (χ2n) is 6.93. The molecule has 110 valence electrons. The molecule has 0 amide bonds. The molecule has 2 aliphatic carbocycles. The van der Waals surface area contributed by atoms with Gasteiger partial charge in [-0.1, -0.05) is 18.2 Å². The van der Waals surface area contributed by atoms with Crippen molar-refractivity contribution in [1.29, 1.82) is 0 Å². The fourth-order valence-electron chi connectivity index (χ4n) is 5.24. The van der Waals surface area contributed by atoms with Crippen molar-refractivity contribution in [1.82, 2.24) is 4.90 Å². The second kappa shape index (κ2) is 3.62. The summed E-state index contributed by atoms with van der Waals surface area (Å²) in [5, 5.41) is 20.6. The molecule has 2 heterocycles. The minimum atomic E-state index is -0.594.